The molecule has 0 amide bonds. The van der Waals surface area contributed by atoms with E-state index in [-0.39, 0.29) is 0 Å². The zero-order chi connectivity index (χ0) is 18.7. The molecule has 0 N–H and O–H groups in total. The lowest BCUT2D eigenvalue weighted by molar-refractivity contribution is 0.412. The van der Waals surface area contributed by atoms with Gasteiger partial charge in [-0.25, -0.2) is 0 Å². The summed E-state index contributed by atoms with van der Waals surface area (Å²) in [5.41, 5.74) is 5.27. The van der Waals surface area contributed by atoms with Crippen molar-refractivity contribution in [1.82, 2.24) is 0 Å². The minimum absolute atomic E-state index is 0.973. The average Bonchev–Trinajstić information content (AvgIpc) is 2.66. The topological polar surface area (TPSA) is 9.23 Å². The third-order valence-electron chi connectivity index (χ3n) is 5.17. The summed E-state index contributed by atoms with van der Waals surface area (Å²) in [5.74, 6) is 0.973. The first-order valence-electron chi connectivity index (χ1n) is 9.00. The number of hydrogen-bond donors (Lipinski definition) is 0. The predicted octanol–water partition coefficient (Wildman–Crippen LogP) is 6.92. The van der Waals surface area contributed by atoms with E-state index >= 15 is 0 Å². The Kier molecular flexibility index (Phi) is 5.27. The van der Waals surface area contributed by atoms with Gasteiger partial charge >= 0.3 is 0 Å². The van der Waals surface area contributed by atoms with Gasteiger partial charge in [0.2, 0.25) is 0 Å². The summed E-state index contributed by atoms with van der Waals surface area (Å²) in [6.07, 6.45) is 0. The van der Waals surface area contributed by atoms with Crippen molar-refractivity contribution in [2.75, 3.05) is 7.11 Å². The first kappa shape index (κ1) is 18.0. The molecule has 0 spiro atoms. The van der Waals surface area contributed by atoms with Gasteiger partial charge in [-0.2, -0.15) is 0 Å². The number of ether oxygens (including phenoxy) is 1. The maximum atomic E-state index is 5.33. The lowest BCUT2D eigenvalue weighted by Crippen LogP contribution is -1.91. The van der Waals surface area contributed by atoms with E-state index in [1.54, 1.807) is 7.11 Å². The quantitative estimate of drug-likeness (QED) is 0.365. The monoisotopic (exact) mass is 342 g/mol. The minimum atomic E-state index is 0.973. The van der Waals surface area contributed by atoms with Crippen LogP contribution in [0.3, 0.4) is 0 Å². The highest BCUT2D eigenvalue weighted by Gasteiger charge is 2.05. The third kappa shape index (κ3) is 3.57. The number of aryl methyl sites for hydroxylation is 3. The minimum Gasteiger partial charge on any atom is -0.496 e. The predicted molar refractivity (Wildman–Crippen MR) is 113 cm³/mol. The van der Waals surface area contributed by atoms with E-state index in [2.05, 4.69) is 94.4 Å². The molecule has 1 heteroatoms. The fourth-order valence-corrected chi connectivity index (χ4v) is 3.28. The zero-order valence-electron chi connectivity index (χ0n) is 16.3. The fraction of sp³-hybridized carbons (Fsp3) is 0.200. The molecule has 0 saturated carbocycles. The molecule has 26 heavy (non-hydrogen) atoms. The van der Waals surface area contributed by atoms with Gasteiger partial charge in [0.15, 0.2) is 0 Å². The Morgan fingerprint density at radius 3 is 1.62 bits per heavy atom. The molecule has 0 bridgehead atoms. The van der Waals surface area contributed by atoms with Gasteiger partial charge in [0.25, 0.3) is 0 Å². The maximum absolute atomic E-state index is 5.33. The Morgan fingerprint density at radius 2 is 1.08 bits per heavy atom. The van der Waals surface area contributed by atoms with Crippen LogP contribution in [-0.4, -0.2) is 7.11 Å². The van der Waals surface area contributed by atoms with Crippen LogP contribution < -0.4 is 4.74 Å². The second-order valence-corrected chi connectivity index (χ2v) is 6.83. The molecule has 0 unspecified atom stereocenters. The summed E-state index contributed by atoms with van der Waals surface area (Å²) in [4.78, 5) is 0. The highest BCUT2D eigenvalue weighted by Crippen LogP contribution is 2.29. The van der Waals surface area contributed by atoms with Crippen molar-refractivity contribution >= 4 is 21.5 Å². The fourth-order valence-electron chi connectivity index (χ4n) is 3.28. The van der Waals surface area contributed by atoms with Gasteiger partial charge in [0.1, 0.15) is 5.75 Å². The average molecular weight is 342 g/mol. The Bertz CT molecular complexity index is 1020. The van der Waals surface area contributed by atoms with Gasteiger partial charge in [-0.15, -0.1) is 0 Å². The molecule has 0 aliphatic heterocycles. The molecule has 4 aromatic rings. The first-order chi connectivity index (χ1) is 12.5. The van der Waals surface area contributed by atoms with E-state index in [0.29, 0.717) is 0 Å². The number of methoxy groups -OCH3 is 1. The van der Waals surface area contributed by atoms with E-state index < -0.39 is 0 Å². The SMILES string of the molecule is COc1cc2ccccc2c(C)c1C.Cc1cc2ccccc2cc1C. The Morgan fingerprint density at radius 1 is 0.577 bits per heavy atom. The van der Waals surface area contributed by atoms with Crippen LogP contribution in [0.5, 0.6) is 5.75 Å². The van der Waals surface area contributed by atoms with Crippen LogP contribution in [0.4, 0.5) is 0 Å². The summed E-state index contributed by atoms with van der Waals surface area (Å²) in [6.45, 7) is 8.55. The summed E-state index contributed by atoms with van der Waals surface area (Å²) >= 11 is 0. The van der Waals surface area contributed by atoms with Gasteiger partial charge < -0.3 is 4.74 Å². The Labute approximate surface area is 156 Å². The summed E-state index contributed by atoms with van der Waals surface area (Å²) in [5, 5.41) is 5.22. The normalized spacial score (nSPS) is 10.5. The molecule has 0 aromatic heterocycles. The van der Waals surface area contributed by atoms with Crippen LogP contribution in [-0.2, 0) is 0 Å². The van der Waals surface area contributed by atoms with E-state index in [0.717, 1.165) is 5.75 Å². The third-order valence-corrected chi connectivity index (χ3v) is 5.17. The number of fused-ring (bicyclic) bond motifs is 2. The molecule has 1 nitrogen and oxygen atoms in total. The summed E-state index contributed by atoms with van der Waals surface area (Å²) in [7, 11) is 1.72. The highest BCUT2D eigenvalue weighted by atomic mass is 16.5. The maximum Gasteiger partial charge on any atom is 0.122 e. The van der Waals surface area contributed by atoms with E-state index in [9.17, 15) is 0 Å². The van der Waals surface area contributed by atoms with Crippen molar-refractivity contribution < 1.29 is 4.74 Å². The molecular formula is C25H26O. The van der Waals surface area contributed by atoms with Crippen LogP contribution in [0.1, 0.15) is 22.3 Å². The molecule has 0 aliphatic carbocycles. The standard InChI is InChI=1S/C13H14O.C12H12/c1-9-10(2)13(14-3)8-11-6-4-5-7-12(9)11;1-9-7-11-5-3-4-6-12(11)8-10(9)2/h4-8H,1-3H3;3-8H,1-2H3. The van der Waals surface area contributed by atoms with Crippen LogP contribution in [0.25, 0.3) is 21.5 Å². The lowest BCUT2D eigenvalue weighted by Gasteiger charge is -2.10. The van der Waals surface area contributed by atoms with Crippen molar-refractivity contribution in [2.45, 2.75) is 27.7 Å². The van der Waals surface area contributed by atoms with Gasteiger partial charge in [0, 0.05) is 0 Å². The molecule has 132 valence electrons. The molecule has 0 heterocycles. The van der Waals surface area contributed by atoms with E-state index in [4.69, 9.17) is 4.74 Å². The second-order valence-electron chi connectivity index (χ2n) is 6.83. The van der Waals surface area contributed by atoms with Gasteiger partial charge in [-0.1, -0.05) is 60.7 Å². The summed E-state index contributed by atoms with van der Waals surface area (Å²) < 4.78 is 5.33. The summed E-state index contributed by atoms with van der Waals surface area (Å²) in [6, 6.07) is 23.4. The van der Waals surface area contributed by atoms with Crippen LogP contribution in [0.2, 0.25) is 0 Å². The van der Waals surface area contributed by atoms with E-state index in [1.165, 1.54) is 43.8 Å². The van der Waals surface area contributed by atoms with Crippen molar-refractivity contribution in [1.29, 1.82) is 0 Å². The van der Waals surface area contributed by atoms with Crippen molar-refractivity contribution in [3.05, 3.63) is 89.0 Å². The van der Waals surface area contributed by atoms with Crippen LogP contribution in [0.15, 0.2) is 66.7 Å². The molecular weight excluding hydrogens is 316 g/mol. The first-order valence-corrected chi connectivity index (χ1v) is 9.00. The van der Waals surface area contributed by atoms with Crippen molar-refractivity contribution in [3.63, 3.8) is 0 Å². The Balaban J connectivity index is 0.000000152. The zero-order valence-corrected chi connectivity index (χ0v) is 16.3. The molecule has 4 aromatic carbocycles. The molecule has 4 rings (SSSR count). The molecule has 0 fully saturated rings. The number of benzene rings is 4. The van der Waals surface area contributed by atoms with Gasteiger partial charge in [-0.3, -0.25) is 0 Å². The van der Waals surface area contributed by atoms with Crippen molar-refractivity contribution in [3.8, 4) is 5.75 Å². The molecule has 0 radical (unpaired) electrons. The second kappa shape index (κ2) is 7.61. The number of hydrogen-bond acceptors (Lipinski definition) is 1. The number of rotatable bonds is 1. The van der Waals surface area contributed by atoms with E-state index in [1.807, 2.05) is 0 Å². The lowest BCUT2D eigenvalue weighted by atomic mass is 10.00. The highest BCUT2D eigenvalue weighted by molar-refractivity contribution is 5.88. The van der Waals surface area contributed by atoms with Crippen LogP contribution in [0, 0.1) is 27.7 Å². The van der Waals surface area contributed by atoms with Gasteiger partial charge in [-0.05, 0) is 77.6 Å². The Hall–Kier alpha value is -2.80. The molecule has 0 atom stereocenters. The largest absolute Gasteiger partial charge is 0.496 e. The van der Waals surface area contributed by atoms with Crippen molar-refractivity contribution in [2.24, 2.45) is 0 Å². The van der Waals surface area contributed by atoms with Gasteiger partial charge in [0.05, 0.1) is 7.11 Å². The molecule has 0 aliphatic rings. The molecule has 0 saturated heterocycles. The smallest absolute Gasteiger partial charge is 0.122 e. The van der Waals surface area contributed by atoms with Crippen LogP contribution >= 0.6 is 0 Å².